The minimum absolute atomic E-state index is 0.0181. The molecule has 5 heteroatoms. The van der Waals surface area contributed by atoms with Crippen LogP contribution in [-0.2, 0) is 6.61 Å². The van der Waals surface area contributed by atoms with Crippen molar-refractivity contribution in [3.63, 3.8) is 0 Å². The third-order valence-electron chi connectivity index (χ3n) is 2.63. The van der Waals surface area contributed by atoms with Gasteiger partial charge in [0.05, 0.1) is 12.3 Å². The Labute approximate surface area is 110 Å². The fourth-order valence-corrected chi connectivity index (χ4v) is 1.58. The van der Waals surface area contributed by atoms with E-state index in [4.69, 9.17) is 21.3 Å². The Morgan fingerprint density at radius 2 is 1.84 bits per heavy atom. The lowest BCUT2D eigenvalue weighted by molar-refractivity contribution is 0.100. The molecular formula is C14H14N2O3. The average Bonchev–Trinajstić information content (AvgIpc) is 2.41. The molecule has 1 amide bonds. The van der Waals surface area contributed by atoms with Crippen molar-refractivity contribution in [1.82, 2.24) is 0 Å². The summed E-state index contributed by atoms with van der Waals surface area (Å²) >= 11 is 0. The van der Waals surface area contributed by atoms with Crippen LogP contribution in [0.25, 0.3) is 0 Å². The fourth-order valence-electron chi connectivity index (χ4n) is 1.58. The van der Waals surface area contributed by atoms with Gasteiger partial charge in [-0.3, -0.25) is 4.79 Å². The molecule has 5 nitrogen and oxygen atoms in total. The minimum atomic E-state index is -0.537. The molecule has 5 N–H and O–H groups in total. The molecule has 0 saturated carbocycles. The Bertz CT molecular complexity index is 594. The minimum Gasteiger partial charge on any atom is -0.455 e. The van der Waals surface area contributed by atoms with Crippen molar-refractivity contribution in [1.29, 1.82) is 0 Å². The van der Waals surface area contributed by atoms with Gasteiger partial charge in [0.15, 0.2) is 0 Å². The molecule has 19 heavy (non-hydrogen) atoms. The highest BCUT2D eigenvalue weighted by Crippen LogP contribution is 2.28. The molecule has 0 aromatic heterocycles. The predicted octanol–water partition coefficient (Wildman–Crippen LogP) is 1.65. The highest BCUT2D eigenvalue weighted by molar-refractivity contribution is 5.94. The van der Waals surface area contributed by atoms with Gasteiger partial charge in [0.25, 0.3) is 0 Å². The van der Waals surface area contributed by atoms with Crippen molar-refractivity contribution in [3.8, 4) is 11.5 Å². The second kappa shape index (κ2) is 5.41. The first kappa shape index (κ1) is 12.9. The number of anilines is 1. The normalized spacial score (nSPS) is 10.2. The van der Waals surface area contributed by atoms with Gasteiger partial charge in [-0.05, 0) is 35.9 Å². The molecule has 2 aromatic rings. The van der Waals surface area contributed by atoms with Gasteiger partial charge >= 0.3 is 0 Å². The molecule has 0 bridgehead atoms. The van der Waals surface area contributed by atoms with Crippen LogP contribution in [-0.4, -0.2) is 11.0 Å². The molecule has 0 spiro atoms. The molecule has 0 fully saturated rings. The summed E-state index contributed by atoms with van der Waals surface area (Å²) in [6.07, 6.45) is 0. The van der Waals surface area contributed by atoms with Gasteiger partial charge in [-0.1, -0.05) is 12.1 Å². The number of rotatable bonds is 4. The number of aliphatic hydroxyl groups excluding tert-OH is 1. The van der Waals surface area contributed by atoms with Gasteiger partial charge < -0.3 is 21.3 Å². The Morgan fingerprint density at radius 1 is 1.16 bits per heavy atom. The Kier molecular flexibility index (Phi) is 3.68. The zero-order chi connectivity index (χ0) is 13.8. The van der Waals surface area contributed by atoms with E-state index in [1.807, 2.05) is 0 Å². The van der Waals surface area contributed by atoms with E-state index in [2.05, 4.69) is 0 Å². The van der Waals surface area contributed by atoms with E-state index in [1.165, 1.54) is 6.07 Å². The number of carbonyl (C=O) groups is 1. The summed E-state index contributed by atoms with van der Waals surface area (Å²) in [6.45, 7) is -0.0181. The highest BCUT2D eigenvalue weighted by Gasteiger charge is 2.06. The molecule has 0 aliphatic carbocycles. The van der Waals surface area contributed by atoms with Crippen LogP contribution < -0.4 is 16.2 Å². The van der Waals surface area contributed by atoms with Crippen LogP contribution in [0.2, 0.25) is 0 Å². The summed E-state index contributed by atoms with van der Waals surface area (Å²) in [7, 11) is 0. The molecule has 0 unspecified atom stereocenters. The molecule has 2 aromatic carbocycles. The van der Waals surface area contributed by atoms with E-state index in [-0.39, 0.29) is 6.61 Å². The summed E-state index contributed by atoms with van der Waals surface area (Å²) < 4.78 is 5.58. The number of ether oxygens (including phenoxy) is 1. The van der Waals surface area contributed by atoms with Crippen LogP contribution in [0.15, 0.2) is 42.5 Å². The number of carbonyl (C=O) groups excluding carboxylic acids is 1. The SMILES string of the molecule is NC(=O)c1ccc(Oc2ccc(CO)cc2)c(N)c1. The Morgan fingerprint density at radius 3 is 2.37 bits per heavy atom. The standard InChI is InChI=1S/C14H14N2O3/c15-12-7-10(14(16)18)3-6-13(12)19-11-4-1-9(8-17)2-5-11/h1-7,17H,8,15H2,(H2,16,18). The quantitative estimate of drug-likeness (QED) is 0.726. The number of hydrogen-bond acceptors (Lipinski definition) is 4. The first-order valence-corrected chi connectivity index (χ1v) is 5.67. The maximum atomic E-state index is 11.0. The largest absolute Gasteiger partial charge is 0.455 e. The first-order chi connectivity index (χ1) is 9.10. The van der Waals surface area contributed by atoms with Gasteiger partial charge in [0, 0.05) is 5.56 Å². The second-order valence-electron chi connectivity index (χ2n) is 4.02. The van der Waals surface area contributed by atoms with Gasteiger partial charge in [-0.2, -0.15) is 0 Å². The lowest BCUT2D eigenvalue weighted by atomic mass is 10.2. The lowest BCUT2D eigenvalue weighted by Crippen LogP contribution is -2.11. The number of nitrogen functional groups attached to an aromatic ring is 1. The summed E-state index contributed by atoms with van der Waals surface area (Å²) in [4.78, 5) is 11.0. The van der Waals surface area contributed by atoms with Crippen molar-refractivity contribution in [2.24, 2.45) is 5.73 Å². The van der Waals surface area contributed by atoms with Crippen LogP contribution in [0.1, 0.15) is 15.9 Å². The highest BCUT2D eigenvalue weighted by atomic mass is 16.5. The number of nitrogens with two attached hydrogens (primary N) is 2. The second-order valence-corrected chi connectivity index (χ2v) is 4.02. The summed E-state index contributed by atoms with van der Waals surface area (Å²) in [5, 5.41) is 8.94. The van der Waals surface area contributed by atoms with Crippen LogP contribution >= 0.6 is 0 Å². The Balaban J connectivity index is 2.20. The van der Waals surface area contributed by atoms with E-state index < -0.39 is 5.91 Å². The maximum absolute atomic E-state index is 11.0. The number of aliphatic hydroxyl groups is 1. The van der Waals surface area contributed by atoms with Crippen molar-refractivity contribution in [3.05, 3.63) is 53.6 Å². The topological polar surface area (TPSA) is 98.6 Å². The lowest BCUT2D eigenvalue weighted by Gasteiger charge is -2.09. The summed E-state index contributed by atoms with van der Waals surface area (Å²) in [5.41, 5.74) is 12.4. The smallest absolute Gasteiger partial charge is 0.248 e. The zero-order valence-corrected chi connectivity index (χ0v) is 10.2. The first-order valence-electron chi connectivity index (χ1n) is 5.67. The summed E-state index contributed by atoms with van der Waals surface area (Å²) in [6, 6.07) is 11.6. The van der Waals surface area contributed by atoms with Crippen LogP contribution in [0.3, 0.4) is 0 Å². The van der Waals surface area contributed by atoms with E-state index >= 15 is 0 Å². The van der Waals surface area contributed by atoms with Crippen molar-refractivity contribution in [2.75, 3.05) is 5.73 Å². The van der Waals surface area contributed by atoms with E-state index in [0.29, 0.717) is 22.7 Å². The molecule has 0 heterocycles. The van der Waals surface area contributed by atoms with Gasteiger partial charge in [0.1, 0.15) is 11.5 Å². The monoisotopic (exact) mass is 258 g/mol. The fraction of sp³-hybridized carbons (Fsp3) is 0.0714. The third kappa shape index (κ3) is 3.02. The third-order valence-corrected chi connectivity index (χ3v) is 2.63. The van der Waals surface area contributed by atoms with Crippen LogP contribution in [0.5, 0.6) is 11.5 Å². The van der Waals surface area contributed by atoms with E-state index in [1.54, 1.807) is 36.4 Å². The maximum Gasteiger partial charge on any atom is 0.248 e. The number of benzene rings is 2. The van der Waals surface area contributed by atoms with Crippen molar-refractivity contribution >= 4 is 11.6 Å². The van der Waals surface area contributed by atoms with Crippen molar-refractivity contribution in [2.45, 2.75) is 6.61 Å². The number of hydrogen-bond donors (Lipinski definition) is 3. The molecule has 0 atom stereocenters. The number of primary amides is 1. The zero-order valence-electron chi connectivity index (χ0n) is 10.2. The summed E-state index contributed by atoms with van der Waals surface area (Å²) in [5.74, 6) is 0.503. The molecule has 0 radical (unpaired) electrons. The van der Waals surface area contributed by atoms with Crippen LogP contribution in [0.4, 0.5) is 5.69 Å². The van der Waals surface area contributed by atoms with Crippen LogP contribution in [0, 0.1) is 0 Å². The molecule has 0 aliphatic heterocycles. The van der Waals surface area contributed by atoms with E-state index in [0.717, 1.165) is 5.56 Å². The van der Waals surface area contributed by atoms with E-state index in [9.17, 15) is 4.79 Å². The average molecular weight is 258 g/mol. The molecule has 98 valence electrons. The molecule has 0 saturated heterocycles. The van der Waals surface area contributed by atoms with Gasteiger partial charge in [-0.25, -0.2) is 0 Å². The number of amides is 1. The predicted molar refractivity (Wildman–Crippen MR) is 71.8 cm³/mol. The molecule has 0 aliphatic rings. The molecular weight excluding hydrogens is 244 g/mol. The Hall–Kier alpha value is -2.53. The van der Waals surface area contributed by atoms with Crippen molar-refractivity contribution < 1.29 is 14.6 Å². The van der Waals surface area contributed by atoms with Gasteiger partial charge in [0.2, 0.25) is 5.91 Å². The van der Waals surface area contributed by atoms with Gasteiger partial charge in [-0.15, -0.1) is 0 Å². The molecule has 2 rings (SSSR count).